The van der Waals surface area contributed by atoms with Gasteiger partial charge in [-0.05, 0) is 44.5 Å². The zero-order valence-electron chi connectivity index (χ0n) is 11.5. The Morgan fingerprint density at radius 2 is 2.11 bits per heavy atom. The summed E-state index contributed by atoms with van der Waals surface area (Å²) < 4.78 is 0. The molecule has 0 saturated carbocycles. The van der Waals surface area contributed by atoms with Gasteiger partial charge < -0.3 is 10.2 Å². The van der Waals surface area contributed by atoms with Crippen LogP contribution in [-0.4, -0.2) is 36.5 Å². The van der Waals surface area contributed by atoms with Crippen molar-refractivity contribution in [2.24, 2.45) is 0 Å². The Labute approximate surface area is 123 Å². The highest BCUT2D eigenvalue weighted by atomic mass is 79.9. The van der Waals surface area contributed by atoms with E-state index in [1.165, 1.54) is 5.56 Å². The Bertz CT molecular complexity index is 432. The van der Waals surface area contributed by atoms with Gasteiger partial charge in [-0.2, -0.15) is 0 Å². The number of carbonyl (C=O) groups is 1. The molecule has 19 heavy (non-hydrogen) atoms. The maximum absolute atomic E-state index is 12.2. The van der Waals surface area contributed by atoms with E-state index in [9.17, 15) is 4.79 Å². The number of rotatable bonds is 3. The number of benzene rings is 1. The molecule has 1 saturated heterocycles. The molecule has 1 aliphatic rings. The molecule has 0 radical (unpaired) electrons. The van der Waals surface area contributed by atoms with Gasteiger partial charge in [0.15, 0.2) is 0 Å². The van der Waals surface area contributed by atoms with E-state index in [1.807, 2.05) is 24.3 Å². The molecule has 1 heterocycles. The van der Waals surface area contributed by atoms with Gasteiger partial charge in [0.1, 0.15) is 0 Å². The van der Waals surface area contributed by atoms with Gasteiger partial charge in [-0.15, -0.1) is 0 Å². The van der Waals surface area contributed by atoms with E-state index in [-0.39, 0.29) is 5.91 Å². The SMILES string of the molecule is CC1CC(NC(=O)c2ccc(CBr)cc2)CCN1C. The second kappa shape index (κ2) is 6.53. The quantitative estimate of drug-likeness (QED) is 0.867. The summed E-state index contributed by atoms with van der Waals surface area (Å²) in [5.41, 5.74) is 1.93. The Hall–Kier alpha value is -0.870. The monoisotopic (exact) mass is 324 g/mol. The number of likely N-dealkylation sites (tertiary alicyclic amines) is 1. The molecule has 1 N–H and O–H groups in total. The molecule has 4 heteroatoms. The number of nitrogens with zero attached hydrogens (tertiary/aromatic N) is 1. The lowest BCUT2D eigenvalue weighted by Gasteiger charge is -2.35. The van der Waals surface area contributed by atoms with Crippen LogP contribution in [0.2, 0.25) is 0 Å². The highest BCUT2D eigenvalue weighted by Crippen LogP contribution is 2.16. The Kier molecular flexibility index (Phi) is 4.99. The molecule has 2 unspecified atom stereocenters. The Morgan fingerprint density at radius 3 is 2.68 bits per heavy atom. The van der Waals surface area contributed by atoms with Crippen molar-refractivity contribution in [1.82, 2.24) is 10.2 Å². The molecule has 1 aliphatic heterocycles. The van der Waals surface area contributed by atoms with Crippen molar-refractivity contribution in [3.8, 4) is 0 Å². The molecule has 1 aromatic carbocycles. The predicted molar refractivity (Wildman–Crippen MR) is 81.7 cm³/mol. The average Bonchev–Trinajstić information content (AvgIpc) is 2.43. The van der Waals surface area contributed by atoms with E-state index in [1.54, 1.807) is 0 Å². The lowest BCUT2D eigenvalue weighted by atomic mass is 9.98. The molecule has 1 amide bonds. The number of hydrogen-bond donors (Lipinski definition) is 1. The minimum atomic E-state index is 0.0443. The fourth-order valence-electron chi connectivity index (χ4n) is 2.43. The van der Waals surface area contributed by atoms with Crippen LogP contribution in [0.1, 0.15) is 35.7 Å². The van der Waals surface area contributed by atoms with E-state index in [0.717, 1.165) is 30.3 Å². The molecule has 0 spiro atoms. The van der Waals surface area contributed by atoms with Crippen LogP contribution in [-0.2, 0) is 5.33 Å². The van der Waals surface area contributed by atoms with Crippen LogP contribution in [0.4, 0.5) is 0 Å². The van der Waals surface area contributed by atoms with Gasteiger partial charge in [0.05, 0.1) is 0 Å². The summed E-state index contributed by atoms with van der Waals surface area (Å²) in [5, 5.41) is 3.97. The van der Waals surface area contributed by atoms with E-state index in [4.69, 9.17) is 0 Å². The van der Waals surface area contributed by atoms with Crippen molar-refractivity contribution < 1.29 is 4.79 Å². The first-order valence-corrected chi connectivity index (χ1v) is 7.88. The number of alkyl halides is 1. The van der Waals surface area contributed by atoms with Crippen molar-refractivity contribution in [2.75, 3.05) is 13.6 Å². The zero-order chi connectivity index (χ0) is 13.8. The third-order valence-electron chi connectivity index (χ3n) is 3.91. The highest BCUT2D eigenvalue weighted by Gasteiger charge is 2.24. The topological polar surface area (TPSA) is 32.3 Å². The first-order valence-electron chi connectivity index (χ1n) is 6.76. The predicted octanol–water partition coefficient (Wildman–Crippen LogP) is 2.79. The lowest BCUT2D eigenvalue weighted by Crippen LogP contribution is -2.47. The van der Waals surface area contributed by atoms with E-state index >= 15 is 0 Å². The van der Waals surface area contributed by atoms with Crippen LogP contribution in [0.25, 0.3) is 0 Å². The van der Waals surface area contributed by atoms with Crippen molar-refractivity contribution in [1.29, 1.82) is 0 Å². The molecular weight excluding hydrogens is 304 g/mol. The number of hydrogen-bond acceptors (Lipinski definition) is 2. The summed E-state index contributed by atoms with van der Waals surface area (Å²) in [6, 6.07) is 8.60. The molecule has 3 nitrogen and oxygen atoms in total. The molecule has 0 aliphatic carbocycles. The number of amides is 1. The van der Waals surface area contributed by atoms with Crippen molar-refractivity contribution in [3.63, 3.8) is 0 Å². The van der Waals surface area contributed by atoms with Crippen LogP contribution < -0.4 is 5.32 Å². The summed E-state index contributed by atoms with van der Waals surface area (Å²) in [7, 11) is 2.14. The summed E-state index contributed by atoms with van der Waals surface area (Å²) in [4.78, 5) is 14.5. The second-order valence-electron chi connectivity index (χ2n) is 5.35. The number of nitrogens with one attached hydrogen (secondary N) is 1. The second-order valence-corrected chi connectivity index (χ2v) is 5.92. The van der Waals surface area contributed by atoms with Crippen LogP contribution in [0.5, 0.6) is 0 Å². The fraction of sp³-hybridized carbons (Fsp3) is 0.533. The summed E-state index contributed by atoms with van der Waals surface area (Å²) >= 11 is 3.41. The molecule has 104 valence electrons. The van der Waals surface area contributed by atoms with Gasteiger partial charge in [-0.3, -0.25) is 4.79 Å². The Morgan fingerprint density at radius 1 is 1.42 bits per heavy atom. The van der Waals surface area contributed by atoms with Crippen molar-refractivity contribution in [3.05, 3.63) is 35.4 Å². The number of piperidine rings is 1. The van der Waals surface area contributed by atoms with Crippen molar-refractivity contribution in [2.45, 2.75) is 37.2 Å². The molecule has 2 rings (SSSR count). The molecule has 2 atom stereocenters. The summed E-state index contributed by atoms with van der Waals surface area (Å²) in [5.74, 6) is 0.0443. The van der Waals surface area contributed by atoms with E-state index < -0.39 is 0 Å². The van der Waals surface area contributed by atoms with Gasteiger partial charge in [0.2, 0.25) is 0 Å². The third-order valence-corrected chi connectivity index (χ3v) is 4.56. The van der Waals surface area contributed by atoms with E-state index in [0.29, 0.717) is 12.1 Å². The van der Waals surface area contributed by atoms with Gasteiger partial charge >= 0.3 is 0 Å². The van der Waals surface area contributed by atoms with Crippen LogP contribution in [0, 0.1) is 0 Å². The lowest BCUT2D eigenvalue weighted by molar-refractivity contribution is 0.0896. The molecule has 0 bridgehead atoms. The Balaban J connectivity index is 1.93. The summed E-state index contributed by atoms with van der Waals surface area (Å²) in [6.07, 6.45) is 2.06. The highest BCUT2D eigenvalue weighted by molar-refractivity contribution is 9.08. The third kappa shape index (κ3) is 3.80. The standard InChI is InChI=1S/C15H21BrN2O/c1-11-9-14(7-8-18(11)2)17-15(19)13-5-3-12(10-16)4-6-13/h3-6,11,14H,7-10H2,1-2H3,(H,17,19). The van der Waals surface area contributed by atoms with Crippen LogP contribution in [0.3, 0.4) is 0 Å². The van der Waals surface area contributed by atoms with Crippen molar-refractivity contribution >= 4 is 21.8 Å². The molecule has 0 aromatic heterocycles. The minimum Gasteiger partial charge on any atom is -0.349 e. The largest absolute Gasteiger partial charge is 0.349 e. The van der Waals surface area contributed by atoms with E-state index in [2.05, 4.69) is 40.1 Å². The maximum Gasteiger partial charge on any atom is 0.251 e. The van der Waals surface area contributed by atoms with Crippen LogP contribution >= 0.6 is 15.9 Å². The number of carbonyl (C=O) groups excluding carboxylic acids is 1. The smallest absolute Gasteiger partial charge is 0.251 e. The fourth-order valence-corrected chi connectivity index (χ4v) is 2.81. The molecule has 1 aromatic rings. The molecule has 1 fully saturated rings. The number of halogens is 1. The molecular formula is C15H21BrN2O. The normalized spacial score (nSPS) is 24.2. The zero-order valence-corrected chi connectivity index (χ0v) is 13.1. The van der Waals surface area contributed by atoms with Crippen LogP contribution in [0.15, 0.2) is 24.3 Å². The minimum absolute atomic E-state index is 0.0443. The first kappa shape index (κ1) is 14.5. The first-order chi connectivity index (χ1) is 9.10. The average molecular weight is 325 g/mol. The maximum atomic E-state index is 12.2. The van der Waals surface area contributed by atoms with Gasteiger partial charge in [-0.1, -0.05) is 28.1 Å². The summed E-state index contributed by atoms with van der Waals surface area (Å²) in [6.45, 7) is 3.26. The van der Waals surface area contributed by atoms with Gasteiger partial charge in [0.25, 0.3) is 5.91 Å². The van der Waals surface area contributed by atoms with Gasteiger partial charge in [-0.25, -0.2) is 0 Å². The van der Waals surface area contributed by atoms with Gasteiger partial charge in [0, 0.05) is 29.5 Å².